The monoisotopic (exact) mass is 440 g/mol. The number of nitrogens with two attached hydrogens (primary N) is 1. The highest BCUT2D eigenvalue weighted by Crippen LogP contribution is 2.33. The number of benzene rings is 3. The Hall–Kier alpha value is -3.52. The van der Waals surface area contributed by atoms with Gasteiger partial charge < -0.3 is 15.2 Å². The summed E-state index contributed by atoms with van der Waals surface area (Å²) in [5.41, 5.74) is 7.47. The summed E-state index contributed by atoms with van der Waals surface area (Å²) >= 11 is 0. The van der Waals surface area contributed by atoms with Gasteiger partial charge in [0.15, 0.2) is 11.5 Å². The van der Waals surface area contributed by atoms with Crippen molar-refractivity contribution in [2.24, 2.45) is 0 Å². The van der Waals surface area contributed by atoms with E-state index < -0.39 is 15.8 Å². The van der Waals surface area contributed by atoms with E-state index >= 15 is 0 Å². The number of nitrogens with zero attached hydrogens (tertiary/aromatic N) is 1. The van der Waals surface area contributed by atoms with Gasteiger partial charge in [0.25, 0.3) is 0 Å². The SMILES string of the molecule is COc1cc(F)c(N)cc1OCc1cccc2ccn(S(=O)(=O)Cc3ccccc3)c12. The first-order chi connectivity index (χ1) is 14.9. The van der Waals surface area contributed by atoms with Gasteiger partial charge >= 0.3 is 0 Å². The van der Waals surface area contributed by atoms with E-state index in [1.54, 1.807) is 42.6 Å². The van der Waals surface area contributed by atoms with E-state index in [2.05, 4.69) is 0 Å². The van der Waals surface area contributed by atoms with Crippen LogP contribution in [0.2, 0.25) is 0 Å². The van der Waals surface area contributed by atoms with Crippen LogP contribution in [0.1, 0.15) is 11.1 Å². The van der Waals surface area contributed by atoms with Gasteiger partial charge in [-0.05, 0) is 11.6 Å². The van der Waals surface area contributed by atoms with Crippen molar-refractivity contribution < 1.29 is 22.3 Å². The molecule has 0 saturated heterocycles. The van der Waals surface area contributed by atoms with Gasteiger partial charge in [-0.1, -0.05) is 48.5 Å². The Kier molecular flexibility index (Phi) is 5.56. The number of methoxy groups -OCH3 is 1. The fraction of sp³-hybridized carbons (Fsp3) is 0.130. The average Bonchev–Trinajstić information content (AvgIpc) is 3.20. The number of hydrogen-bond acceptors (Lipinski definition) is 5. The second kappa shape index (κ2) is 8.31. The summed E-state index contributed by atoms with van der Waals surface area (Å²) in [7, 11) is -2.26. The third-order valence-electron chi connectivity index (χ3n) is 4.92. The Morgan fingerprint density at radius 3 is 2.52 bits per heavy atom. The predicted octanol–water partition coefficient (Wildman–Crippen LogP) is 4.33. The highest BCUT2D eigenvalue weighted by atomic mass is 32.2. The van der Waals surface area contributed by atoms with Crippen molar-refractivity contribution in [1.82, 2.24) is 3.97 Å². The number of nitrogen functional groups attached to an aromatic ring is 1. The molecule has 4 aromatic rings. The Morgan fingerprint density at radius 1 is 1.00 bits per heavy atom. The third-order valence-corrected chi connectivity index (χ3v) is 6.52. The summed E-state index contributed by atoms with van der Waals surface area (Å²) < 4.78 is 52.2. The van der Waals surface area contributed by atoms with Crippen molar-refractivity contribution in [2.75, 3.05) is 12.8 Å². The highest BCUT2D eigenvalue weighted by molar-refractivity contribution is 7.89. The molecule has 0 spiro atoms. The Labute approximate surface area is 179 Å². The van der Waals surface area contributed by atoms with Crippen molar-refractivity contribution in [3.05, 3.63) is 89.9 Å². The molecular weight excluding hydrogens is 419 g/mol. The van der Waals surface area contributed by atoms with E-state index in [0.29, 0.717) is 16.6 Å². The fourth-order valence-corrected chi connectivity index (χ4v) is 4.92. The quantitative estimate of drug-likeness (QED) is 0.433. The maximum absolute atomic E-state index is 13.7. The first-order valence-corrected chi connectivity index (χ1v) is 11.1. The average molecular weight is 440 g/mol. The van der Waals surface area contributed by atoms with E-state index in [-0.39, 0.29) is 29.5 Å². The number of para-hydroxylation sites is 1. The Balaban J connectivity index is 1.69. The lowest BCUT2D eigenvalue weighted by atomic mass is 10.1. The molecule has 0 atom stereocenters. The molecule has 0 aliphatic rings. The maximum Gasteiger partial charge on any atom is 0.243 e. The van der Waals surface area contributed by atoms with Crippen LogP contribution in [0.5, 0.6) is 11.5 Å². The van der Waals surface area contributed by atoms with Gasteiger partial charge in [-0.15, -0.1) is 0 Å². The molecule has 4 rings (SSSR count). The van der Waals surface area contributed by atoms with Crippen LogP contribution in [-0.2, 0) is 22.4 Å². The van der Waals surface area contributed by atoms with Gasteiger partial charge in [-0.25, -0.2) is 16.8 Å². The van der Waals surface area contributed by atoms with Crippen LogP contribution in [0.4, 0.5) is 10.1 Å². The van der Waals surface area contributed by atoms with Gasteiger partial charge in [0, 0.05) is 29.3 Å². The van der Waals surface area contributed by atoms with Gasteiger partial charge in [-0.2, -0.15) is 0 Å². The summed E-state index contributed by atoms with van der Waals surface area (Å²) in [4.78, 5) is 0. The minimum atomic E-state index is -3.66. The topological polar surface area (TPSA) is 83.6 Å². The van der Waals surface area contributed by atoms with Crippen LogP contribution in [0.3, 0.4) is 0 Å². The molecule has 1 heterocycles. The van der Waals surface area contributed by atoms with Crippen molar-refractivity contribution in [1.29, 1.82) is 0 Å². The molecular formula is C23H21FN2O4S. The first kappa shape index (κ1) is 20.7. The van der Waals surface area contributed by atoms with Gasteiger partial charge in [0.2, 0.25) is 10.0 Å². The van der Waals surface area contributed by atoms with Crippen molar-refractivity contribution in [3.8, 4) is 11.5 Å². The molecule has 0 saturated carbocycles. The molecule has 3 aromatic carbocycles. The maximum atomic E-state index is 13.7. The molecule has 0 unspecified atom stereocenters. The summed E-state index contributed by atoms with van der Waals surface area (Å²) in [5, 5.41) is 0.767. The van der Waals surface area contributed by atoms with Crippen LogP contribution >= 0.6 is 0 Å². The number of rotatable bonds is 7. The molecule has 0 aliphatic heterocycles. The summed E-state index contributed by atoms with van der Waals surface area (Å²) in [6.45, 7) is 0.0453. The van der Waals surface area contributed by atoms with Crippen LogP contribution in [0, 0.1) is 5.82 Å². The lowest BCUT2D eigenvalue weighted by Crippen LogP contribution is -2.15. The van der Waals surface area contributed by atoms with Crippen LogP contribution in [0.15, 0.2) is 72.9 Å². The number of fused-ring (bicyclic) bond motifs is 1. The van der Waals surface area contributed by atoms with E-state index in [1.165, 1.54) is 17.1 Å². The van der Waals surface area contributed by atoms with Crippen LogP contribution < -0.4 is 15.2 Å². The van der Waals surface area contributed by atoms with E-state index in [1.807, 2.05) is 18.2 Å². The number of hydrogen-bond donors (Lipinski definition) is 1. The number of ether oxygens (including phenoxy) is 2. The van der Waals surface area contributed by atoms with Gasteiger partial charge in [-0.3, -0.25) is 0 Å². The number of aromatic nitrogens is 1. The molecule has 0 fully saturated rings. The van der Waals surface area contributed by atoms with Crippen molar-refractivity contribution >= 4 is 26.6 Å². The summed E-state index contributed by atoms with van der Waals surface area (Å²) in [5.74, 6) is -0.267. The first-order valence-electron chi connectivity index (χ1n) is 9.51. The Bertz CT molecular complexity index is 1330. The second-order valence-corrected chi connectivity index (χ2v) is 8.87. The molecule has 160 valence electrons. The fourth-order valence-electron chi connectivity index (χ4n) is 3.42. The minimum absolute atomic E-state index is 0.0453. The minimum Gasteiger partial charge on any atom is -0.493 e. The van der Waals surface area contributed by atoms with Crippen molar-refractivity contribution in [3.63, 3.8) is 0 Å². The molecule has 8 heteroatoms. The highest BCUT2D eigenvalue weighted by Gasteiger charge is 2.19. The lowest BCUT2D eigenvalue weighted by molar-refractivity contribution is 0.284. The molecule has 31 heavy (non-hydrogen) atoms. The number of halogens is 1. The number of anilines is 1. The normalized spacial score (nSPS) is 11.5. The van der Waals surface area contributed by atoms with E-state index in [9.17, 15) is 12.8 Å². The van der Waals surface area contributed by atoms with Crippen LogP contribution in [-0.4, -0.2) is 19.5 Å². The predicted molar refractivity (Wildman–Crippen MR) is 118 cm³/mol. The van der Waals surface area contributed by atoms with Crippen LogP contribution in [0.25, 0.3) is 10.9 Å². The zero-order valence-corrected chi connectivity index (χ0v) is 17.6. The standard InChI is InChI=1S/C23H21FN2O4S/c1-29-21-12-19(24)20(25)13-22(21)30-14-18-9-5-8-17-10-11-26(23(17)18)31(27,28)15-16-6-3-2-4-7-16/h2-13H,14-15,25H2,1H3. The second-order valence-electron chi connectivity index (χ2n) is 7.02. The molecule has 6 nitrogen and oxygen atoms in total. The summed E-state index contributed by atoms with van der Waals surface area (Å²) in [6, 6.07) is 18.7. The molecule has 1 aromatic heterocycles. The molecule has 2 N–H and O–H groups in total. The van der Waals surface area contributed by atoms with E-state index in [4.69, 9.17) is 15.2 Å². The van der Waals surface area contributed by atoms with Crippen molar-refractivity contribution in [2.45, 2.75) is 12.4 Å². The molecule has 0 amide bonds. The van der Waals surface area contributed by atoms with Gasteiger partial charge in [0.1, 0.15) is 12.4 Å². The molecule has 0 bridgehead atoms. The Morgan fingerprint density at radius 2 is 1.77 bits per heavy atom. The van der Waals surface area contributed by atoms with E-state index in [0.717, 1.165) is 11.5 Å². The molecule has 0 radical (unpaired) electrons. The van der Waals surface area contributed by atoms with Gasteiger partial charge in [0.05, 0.1) is 24.1 Å². The third kappa shape index (κ3) is 4.20. The largest absolute Gasteiger partial charge is 0.493 e. The molecule has 0 aliphatic carbocycles. The smallest absolute Gasteiger partial charge is 0.243 e. The zero-order valence-electron chi connectivity index (χ0n) is 16.8. The zero-order chi connectivity index (χ0) is 22.0. The lowest BCUT2D eigenvalue weighted by Gasteiger charge is -2.14. The summed E-state index contributed by atoms with van der Waals surface area (Å²) in [6.07, 6.45) is 1.54.